The summed E-state index contributed by atoms with van der Waals surface area (Å²) in [4.78, 5) is 30.4. The number of carboxylic acids is 2. The molecule has 2 aromatic carbocycles. The molecule has 3 aromatic heterocycles. The summed E-state index contributed by atoms with van der Waals surface area (Å²) in [6.07, 6.45) is 0. The first-order valence-corrected chi connectivity index (χ1v) is 10.2. The average molecular weight is 416 g/mol. The van der Waals surface area contributed by atoms with Gasteiger partial charge in [0.25, 0.3) is 0 Å². The number of fused-ring (bicyclic) bond motifs is 2. The minimum atomic E-state index is -1.09. The fourth-order valence-corrected chi connectivity index (χ4v) is 4.87. The highest BCUT2D eigenvalue weighted by Crippen LogP contribution is 2.43. The van der Waals surface area contributed by atoms with Gasteiger partial charge >= 0.3 is 11.9 Å². The number of aromatic nitrogens is 2. The molecule has 0 bridgehead atoms. The Morgan fingerprint density at radius 3 is 1.70 bits per heavy atom. The molecule has 3 heterocycles. The Bertz CT molecular complexity index is 1320. The van der Waals surface area contributed by atoms with Crippen molar-refractivity contribution in [2.24, 2.45) is 0 Å². The number of carboxylic acid groups (broad SMARTS) is 2. The number of rotatable bonds is 5. The first kappa shape index (κ1) is 18.2. The molecule has 7 heteroatoms. The highest BCUT2D eigenvalue weighted by molar-refractivity contribution is 7.08. The molecule has 0 saturated carbocycles. The quantitative estimate of drug-likeness (QED) is 0.312. The van der Waals surface area contributed by atoms with Gasteiger partial charge in [-0.25, -0.2) is 9.59 Å². The van der Waals surface area contributed by atoms with Crippen LogP contribution in [-0.4, -0.2) is 32.1 Å². The zero-order valence-electron chi connectivity index (χ0n) is 15.5. The normalized spacial score (nSPS) is 11.5. The molecule has 0 saturated heterocycles. The Morgan fingerprint density at radius 2 is 1.27 bits per heavy atom. The van der Waals surface area contributed by atoms with Crippen molar-refractivity contribution >= 4 is 45.1 Å². The van der Waals surface area contributed by atoms with Crippen LogP contribution < -0.4 is 0 Å². The third-order valence-electron chi connectivity index (χ3n) is 5.37. The van der Waals surface area contributed by atoms with Crippen LogP contribution in [0.4, 0.5) is 0 Å². The monoisotopic (exact) mass is 416 g/mol. The third kappa shape index (κ3) is 2.71. The van der Waals surface area contributed by atoms with E-state index in [0.29, 0.717) is 22.2 Å². The molecule has 0 unspecified atom stereocenters. The van der Waals surface area contributed by atoms with Gasteiger partial charge < -0.3 is 20.2 Å². The van der Waals surface area contributed by atoms with Crippen molar-refractivity contribution in [1.82, 2.24) is 9.97 Å². The van der Waals surface area contributed by atoms with Gasteiger partial charge in [-0.1, -0.05) is 36.4 Å². The fourth-order valence-electron chi connectivity index (χ4n) is 4.18. The standard InChI is InChI=1S/C23H16N2O4S/c26-22(27)20-18(13-5-1-3-7-15(13)24-20)17(12-9-10-30-11-12)19-14-6-2-4-8-16(14)25-21(19)23(28)29/h1-11,17,24-25H,(H,26,27)(H,28,29). The number of H-pyrrole nitrogens is 2. The van der Waals surface area contributed by atoms with Gasteiger partial charge in [-0.2, -0.15) is 11.3 Å². The van der Waals surface area contributed by atoms with Crippen molar-refractivity contribution < 1.29 is 19.8 Å². The number of carbonyl (C=O) groups is 2. The maximum atomic E-state index is 12.2. The summed E-state index contributed by atoms with van der Waals surface area (Å²) < 4.78 is 0. The van der Waals surface area contributed by atoms with E-state index < -0.39 is 17.9 Å². The van der Waals surface area contributed by atoms with Crippen LogP contribution in [0, 0.1) is 0 Å². The lowest BCUT2D eigenvalue weighted by Gasteiger charge is -2.18. The van der Waals surface area contributed by atoms with Gasteiger partial charge in [-0.05, 0) is 34.5 Å². The number of benzene rings is 2. The summed E-state index contributed by atoms with van der Waals surface area (Å²) in [6, 6.07) is 16.7. The summed E-state index contributed by atoms with van der Waals surface area (Å²) in [7, 11) is 0. The van der Waals surface area contributed by atoms with Crippen LogP contribution in [0.3, 0.4) is 0 Å². The van der Waals surface area contributed by atoms with Gasteiger partial charge in [-0.3, -0.25) is 0 Å². The summed E-state index contributed by atoms with van der Waals surface area (Å²) in [5, 5.41) is 25.3. The Hall–Kier alpha value is -3.84. The number of hydrogen-bond donors (Lipinski definition) is 4. The highest BCUT2D eigenvalue weighted by Gasteiger charge is 2.32. The highest BCUT2D eigenvalue weighted by atomic mass is 32.1. The second-order valence-electron chi connectivity index (χ2n) is 7.02. The number of nitrogens with one attached hydrogen (secondary N) is 2. The Labute approximate surface area is 174 Å². The van der Waals surface area contributed by atoms with Crippen LogP contribution in [0.15, 0.2) is 65.4 Å². The molecule has 5 aromatic rings. The molecular formula is C23H16N2O4S. The number of hydrogen-bond acceptors (Lipinski definition) is 3. The van der Waals surface area contributed by atoms with Crippen molar-refractivity contribution in [3.63, 3.8) is 0 Å². The molecule has 6 nitrogen and oxygen atoms in total. The van der Waals surface area contributed by atoms with E-state index in [1.165, 1.54) is 11.3 Å². The number of para-hydroxylation sites is 2. The molecule has 0 amide bonds. The molecule has 5 rings (SSSR count). The Morgan fingerprint density at radius 1 is 0.767 bits per heavy atom. The van der Waals surface area contributed by atoms with Crippen molar-refractivity contribution in [1.29, 1.82) is 0 Å². The summed E-state index contributed by atoms with van der Waals surface area (Å²) in [5.74, 6) is -2.74. The van der Waals surface area contributed by atoms with Crippen LogP contribution in [0.2, 0.25) is 0 Å². The zero-order chi connectivity index (χ0) is 20.8. The lowest BCUT2D eigenvalue weighted by atomic mass is 9.83. The lowest BCUT2D eigenvalue weighted by molar-refractivity contribution is 0.0681. The Kier molecular flexibility index (Phi) is 4.18. The van der Waals surface area contributed by atoms with Crippen molar-refractivity contribution in [2.75, 3.05) is 0 Å². The van der Waals surface area contributed by atoms with Crippen molar-refractivity contribution in [2.45, 2.75) is 5.92 Å². The Balaban J connectivity index is 1.93. The molecule has 0 aliphatic carbocycles. The second kappa shape index (κ2) is 6.89. The minimum Gasteiger partial charge on any atom is -0.477 e. The number of aromatic amines is 2. The van der Waals surface area contributed by atoms with Crippen LogP contribution in [0.25, 0.3) is 21.8 Å². The van der Waals surface area contributed by atoms with Gasteiger partial charge in [0.1, 0.15) is 11.4 Å². The molecule has 0 spiro atoms. The maximum Gasteiger partial charge on any atom is 0.352 e. The predicted octanol–water partition coefficient (Wildman–Crippen LogP) is 5.29. The summed E-state index contributed by atoms with van der Waals surface area (Å²) in [6.45, 7) is 0. The third-order valence-corrected chi connectivity index (χ3v) is 6.08. The maximum absolute atomic E-state index is 12.2. The van der Waals surface area contributed by atoms with Gasteiger partial charge in [0.2, 0.25) is 0 Å². The summed E-state index contributed by atoms with van der Waals surface area (Å²) >= 11 is 1.49. The van der Waals surface area contributed by atoms with E-state index in [-0.39, 0.29) is 11.4 Å². The van der Waals surface area contributed by atoms with Crippen LogP contribution in [-0.2, 0) is 0 Å². The molecule has 0 aliphatic rings. The van der Waals surface area contributed by atoms with Gasteiger partial charge in [0.05, 0.1) is 0 Å². The molecule has 0 aliphatic heterocycles. The molecule has 4 N–H and O–H groups in total. The van der Waals surface area contributed by atoms with Crippen LogP contribution in [0.5, 0.6) is 0 Å². The molecule has 0 fully saturated rings. The minimum absolute atomic E-state index is 0.0639. The largest absolute Gasteiger partial charge is 0.477 e. The number of aromatic carboxylic acids is 2. The number of thiophene rings is 1. The van der Waals surface area contributed by atoms with Gasteiger partial charge in [0, 0.05) is 38.9 Å². The van der Waals surface area contributed by atoms with E-state index in [1.807, 2.05) is 65.4 Å². The first-order chi connectivity index (χ1) is 14.6. The SMILES string of the molecule is O=C(O)c1[nH]c2ccccc2c1C(c1ccsc1)c1c(C(=O)O)[nH]c2ccccc12. The van der Waals surface area contributed by atoms with Gasteiger partial charge in [0.15, 0.2) is 0 Å². The van der Waals surface area contributed by atoms with Crippen molar-refractivity contribution in [3.8, 4) is 0 Å². The fraction of sp³-hybridized carbons (Fsp3) is 0.0435. The van der Waals surface area contributed by atoms with E-state index >= 15 is 0 Å². The molecule has 0 radical (unpaired) electrons. The molecular weight excluding hydrogens is 400 g/mol. The van der Waals surface area contributed by atoms with Crippen molar-refractivity contribution in [3.05, 3.63) is 93.4 Å². The summed E-state index contributed by atoms with van der Waals surface area (Å²) in [5.41, 5.74) is 3.48. The van der Waals surface area contributed by atoms with E-state index in [9.17, 15) is 19.8 Å². The predicted molar refractivity (Wildman–Crippen MR) is 116 cm³/mol. The van der Waals surface area contributed by atoms with E-state index in [1.54, 1.807) is 0 Å². The first-order valence-electron chi connectivity index (χ1n) is 9.26. The van der Waals surface area contributed by atoms with E-state index in [2.05, 4.69) is 9.97 Å². The van der Waals surface area contributed by atoms with Crippen LogP contribution >= 0.6 is 11.3 Å². The molecule has 148 valence electrons. The smallest absolute Gasteiger partial charge is 0.352 e. The second-order valence-corrected chi connectivity index (χ2v) is 7.80. The molecule has 30 heavy (non-hydrogen) atoms. The molecule has 0 atom stereocenters. The average Bonchev–Trinajstić information content (AvgIpc) is 3.47. The van der Waals surface area contributed by atoms with Gasteiger partial charge in [-0.15, -0.1) is 0 Å². The van der Waals surface area contributed by atoms with E-state index in [0.717, 1.165) is 16.3 Å². The van der Waals surface area contributed by atoms with E-state index in [4.69, 9.17) is 0 Å². The topological polar surface area (TPSA) is 106 Å². The lowest BCUT2D eigenvalue weighted by Crippen LogP contribution is -2.12. The zero-order valence-corrected chi connectivity index (χ0v) is 16.4. The van der Waals surface area contributed by atoms with Crippen LogP contribution in [0.1, 0.15) is 43.6 Å².